The SMILES string of the molecule is CNC(CCSC(C)C(C)O)C(=O)OC. The number of aliphatic hydroxyl groups is 1. The molecular weight excluding hydrogens is 214 g/mol. The fourth-order valence-corrected chi connectivity index (χ4v) is 2.06. The highest BCUT2D eigenvalue weighted by Crippen LogP contribution is 2.16. The maximum absolute atomic E-state index is 11.2. The van der Waals surface area contributed by atoms with E-state index >= 15 is 0 Å². The minimum Gasteiger partial charge on any atom is -0.468 e. The zero-order valence-electron chi connectivity index (χ0n) is 9.82. The number of carbonyl (C=O) groups excluding carboxylic acids is 1. The highest BCUT2D eigenvalue weighted by molar-refractivity contribution is 7.99. The van der Waals surface area contributed by atoms with Crippen molar-refractivity contribution in [3.8, 4) is 0 Å². The summed E-state index contributed by atoms with van der Waals surface area (Å²) in [5.41, 5.74) is 0. The average molecular weight is 235 g/mol. The first-order valence-electron chi connectivity index (χ1n) is 5.07. The number of ether oxygens (including phenoxy) is 1. The molecule has 0 aromatic rings. The molecule has 5 heteroatoms. The summed E-state index contributed by atoms with van der Waals surface area (Å²) in [6.45, 7) is 3.75. The van der Waals surface area contributed by atoms with Crippen molar-refractivity contribution in [3.05, 3.63) is 0 Å². The molecule has 2 N–H and O–H groups in total. The summed E-state index contributed by atoms with van der Waals surface area (Å²) in [7, 11) is 3.13. The third-order valence-electron chi connectivity index (χ3n) is 2.30. The van der Waals surface area contributed by atoms with E-state index in [0.29, 0.717) is 6.42 Å². The van der Waals surface area contributed by atoms with Gasteiger partial charge >= 0.3 is 5.97 Å². The van der Waals surface area contributed by atoms with Gasteiger partial charge in [-0.3, -0.25) is 4.79 Å². The van der Waals surface area contributed by atoms with Crippen molar-refractivity contribution < 1.29 is 14.6 Å². The molecule has 0 saturated carbocycles. The van der Waals surface area contributed by atoms with Crippen LogP contribution in [-0.4, -0.2) is 48.4 Å². The molecule has 0 spiro atoms. The quantitative estimate of drug-likeness (QED) is 0.634. The van der Waals surface area contributed by atoms with Crippen LogP contribution in [0.1, 0.15) is 20.3 Å². The predicted molar refractivity (Wildman–Crippen MR) is 63.1 cm³/mol. The van der Waals surface area contributed by atoms with E-state index in [1.807, 2.05) is 6.92 Å². The number of carbonyl (C=O) groups is 1. The molecule has 0 aliphatic carbocycles. The number of thioether (sulfide) groups is 1. The Balaban J connectivity index is 3.77. The van der Waals surface area contributed by atoms with Crippen LogP contribution >= 0.6 is 11.8 Å². The first-order valence-corrected chi connectivity index (χ1v) is 6.12. The van der Waals surface area contributed by atoms with Gasteiger partial charge in [-0.05, 0) is 26.1 Å². The van der Waals surface area contributed by atoms with Crippen molar-refractivity contribution in [2.75, 3.05) is 19.9 Å². The van der Waals surface area contributed by atoms with Gasteiger partial charge in [-0.25, -0.2) is 0 Å². The van der Waals surface area contributed by atoms with Crippen LogP contribution in [0.2, 0.25) is 0 Å². The Kier molecular flexibility index (Phi) is 7.82. The lowest BCUT2D eigenvalue weighted by molar-refractivity contribution is -0.143. The molecule has 90 valence electrons. The summed E-state index contributed by atoms with van der Waals surface area (Å²) in [6.07, 6.45) is 0.395. The second kappa shape index (κ2) is 7.96. The lowest BCUT2D eigenvalue weighted by atomic mass is 10.2. The van der Waals surface area contributed by atoms with Gasteiger partial charge in [0.05, 0.1) is 13.2 Å². The van der Waals surface area contributed by atoms with Gasteiger partial charge in [-0.1, -0.05) is 6.92 Å². The van der Waals surface area contributed by atoms with Gasteiger partial charge in [0.15, 0.2) is 0 Å². The molecule has 0 saturated heterocycles. The lowest BCUT2D eigenvalue weighted by Gasteiger charge is -2.16. The van der Waals surface area contributed by atoms with Crippen molar-refractivity contribution in [3.63, 3.8) is 0 Å². The number of methoxy groups -OCH3 is 1. The van der Waals surface area contributed by atoms with Crippen LogP contribution in [0.15, 0.2) is 0 Å². The lowest BCUT2D eigenvalue weighted by Crippen LogP contribution is -2.35. The van der Waals surface area contributed by atoms with E-state index in [0.717, 1.165) is 5.75 Å². The number of likely N-dealkylation sites (N-methyl/N-ethyl adjacent to an activating group) is 1. The number of rotatable bonds is 7. The Morgan fingerprint density at radius 3 is 2.53 bits per heavy atom. The Labute approximate surface area is 95.8 Å². The summed E-state index contributed by atoms with van der Waals surface area (Å²) in [6, 6.07) is -0.247. The van der Waals surface area contributed by atoms with Crippen LogP contribution in [0.5, 0.6) is 0 Å². The molecule has 15 heavy (non-hydrogen) atoms. The van der Waals surface area contributed by atoms with Gasteiger partial charge in [0, 0.05) is 5.25 Å². The zero-order valence-corrected chi connectivity index (χ0v) is 10.6. The van der Waals surface area contributed by atoms with Crippen molar-refractivity contribution >= 4 is 17.7 Å². The standard InChI is InChI=1S/C10H21NO3S/c1-7(12)8(2)15-6-5-9(11-3)10(13)14-4/h7-9,11-12H,5-6H2,1-4H3. The zero-order chi connectivity index (χ0) is 11.8. The van der Waals surface area contributed by atoms with Crippen LogP contribution in [0.4, 0.5) is 0 Å². The molecule has 0 heterocycles. The maximum Gasteiger partial charge on any atom is 0.322 e. The monoisotopic (exact) mass is 235 g/mol. The Morgan fingerprint density at radius 1 is 1.53 bits per heavy atom. The topological polar surface area (TPSA) is 58.6 Å². The van der Waals surface area contributed by atoms with E-state index in [2.05, 4.69) is 10.1 Å². The predicted octanol–water partition coefficient (Wildman–Crippen LogP) is 0.640. The number of nitrogens with one attached hydrogen (secondary N) is 1. The summed E-state index contributed by atoms with van der Waals surface area (Å²) < 4.78 is 4.65. The summed E-state index contributed by atoms with van der Waals surface area (Å²) >= 11 is 1.66. The fraction of sp³-hybridized carbons (Fsp3) is 0.900. The molecule has 3 atom stereocenters. The number of esters is 1. The first-order chi connectivity index (χ1) is 7.02. The molecule has 0 aliphatic heterocycles. The third kappa shape index (κ3) is 6.02. The van der Waals surface area contributed by atoms with Crippen LogP contribution < -0.4 is 5.32 Å². The van der Waals surface area contributed by atoms with E-state index in [9.17, 15) is 9.90 Å². The van der Waals surface area contributed by atoms with Crippen LogP contribution in [0, 0.1) is 0 Å². The molecule has 0 aromatic carbocycles. The van der Waals surface area contributed by atoms with E-state index in [1.165, 1.54) is 7.11 Å². The Morgan fingerprint density at radius 2 is 2.13 bits per heavy atom. The van der Waals surface area contributed by atoms with Gasteiger partial charge in [0.1, 0.15) is 6.04 Å². The summed E-state index contributed by atoms with van der Waals surface area (Å²) in [5, 5.41) is 12.4. The maximum atomic E-state index is 11.2. The molecule has 0 aromatic heterocycles. The van der Waals surface area contributed by atoms with Crippen molar-refractivity contribution in [1.29, 1.82) is 0 Å². The molecule has 4 nitrogen and oxygen atoms in total. The van der Waals surface area contributed by atoms with Gasteiger partial charge in [0.25, 0.3) is 0 Å². The molecule has 0 fully saturated rings. The largest absolute Gasteiger partial charge is 0.468 e. The highest BCUT2D eigenvalue weighted by Gasteiger charge is 2.17. The molecule has 0 aliphatic rings. The smallest absolute Gasteiger partial charge is 0.322 e. The third-order valence-corrected chi connectivity index (χ3v) is 3.69. The second-order valence-electron chi connectivity index (χ2n) is 3.47. The fourth-order valence-electron chi connectivity index (χ4n) is 1.03. The second-order valence-corrected chi connectivity index (χ2v) is 4.95. The molecule has 0 bridgehead atoms. The van der Waals surface area contributed by atoms with Gasteiger partial charge < -0.3 is 15.2 Å². The first kappa shape index (κ1) is 14.7. The Bertz CT molecular complexity index is 188. The van der Waals surface area contributed by atoms with Gasteiger partial charge in [-0.15, -0.1) is 0 Å². The number of hydrogen-bond donors (Lipinski definition) is 2. The normalized spacial score (nSPS) is 16.9. The molecule has 0 rings (SSSR count). The summed E-state index contributed by atoms with van der Waals surface area (Å²) in [4.78, 5) is 11.2. The van der Waals surface area contributed by atoms with Crippen molar-refractivity contribution in [2.24, 2.45) is 0 Å². The molecule has 0 amide bonds. The molecule has 3 unspecified atom stereocenters. The van der Waals surface area contributed by atoms with Crippen molar-refractivity contribution in [2.45, 2.75) is 37.7 Å². The van der Waals surface area contributed by atoms with Crippen LogP contribution in [0.3, 0.4) is 0 Å². The number of hydrogen-bond acceptors (Lipinski definition) is 5. The van der Waals surface area contributed by atoms with Crippen molar-refractivity contribution in [1.82, 2.24) is 5.32 Å². The Hall–Kier alpha value is -0.260. The average Bonchev–Trinajstić information content (AvgIpc) is 2.22. The number of aliphatic hydroxyl groups excluding tert-OH is 1. The molecular formula is C10H21NO3S. The van der Waals surface area contributed by atoms with Gasteiger partial charge in [-0.2, -0.15) is 11.8 Å². The van der Waals surface area contributed by atoms with Crippen LogP contribution in [-0.2, 0) is 9.53 Å². The molecule has 0 radical (unpaired) electrons. The van der Waals surface area contributed by atoms with Crippen LogP contribution in [0.25, 0.3) is 0 Å². The minimum absolute atomic E-state index is 0.195. The van der Waals surface area contributed by atoms with E-state index in [-0.39, 0.29) is 23.4 Å². The van der Waals surface area contributed by atoms with E-state index in [1.54, 1.807) is 25.7 Å². The minimum atomic E-state index is -0.318. The van der Waals surface area contributed by atoms with E-state index < -0.39 is 0 Å². The van der Waals surface area contributed by atoms with Gasteiger partial charge in [0.2, 0.25) is 0 Å². The highest BCUT2D eigenvalue weighted by atomic mass is 32.2. The van der Waals surface area contributed by atoms with E-state index in [4.69, 9.17) is 0 Å². The summed E-state index contributed by atoms with van der Waals surface area (Å²) in [5.74, 6) is 0.593.